The molecule has 0 aliphatic rings. The van der Waals surface area contributed by atoms with Gasteiger partial charge in [0.05, 0.1) is 13.2 Å². The summed E-state index contributed by atoms with van der Waals surface area (Å²) in [5.74, 6) is 2.53. The average molecular weight is 319 g/mol. The minimum atomic E-state index is -0.580. The van der Waals surface area contributed by atoms with Crippen molar-refractivity contribution in [3.8, 4) is 5.75 Å². The Kier molecular flexibility index (Phi) is 7.13. The van der Waals surface area contributed by atoms with Gasteiger partial charge in [0.2, 0.25) is 0 Å². The summed E-state index contributed by atoms with van der Waals surface area (Å²) in [6.07, 6.45) is -0.580. The summed E-state index contributed by atoms with van der Waals surface area (Å²) in [5, 5.41) is 10.2. The van der Waals surface area contributed by atoms with E-state index in [-0.39, 0.29) is 6.61 Å². The summed E-state index contributed by atoms with van der Waals surface area (Å²) in [6, 6.07) is 13.4. The van der Waals surface area contributed by atoms with Crippen molar-refractivity contribution in [3.05, 3.63) is 54.0 Å². The molecule has 1 atom stereocenters. The Hall–Kier alpha value is -1.82. The second-order valence-electron chi connectivity index (χ2n) is 5.52. The maximum atomic E-state index is 10.2. The zero-order valence-corrected chi connectivity index (χ0v) is 13.8. The van der Waals surface area contributed by atoms with E-state index in [0.717, 1.165) is 23.8 Å². The predicted octanol–water partition coefficient (Wildman–Crippen LogP) is 2.48. The average Bonchev–Trinajstić information content (AvgIpc) is 2.96. The molecule has 1 aromatic heterocycles. The molecular formula is C18H25NO4. The zero-order valence-electron chi connectivity index (χ0n) is 13.8. The topological polar surface area (TPSA) is 55.1 Å². The van der Waals surface area contributed by atoms with Crippen molar-refractivity contribution in [3.63, 3.8) is 0 Å². The lowest BCUT2D eigenvalue weighted by molar-refractivity contribution is 0.0516. The number of para-hydroxylation sites is 1. The largest absolute Gasteiger partial charge is 0.491 e. The van der Waals surface area contributed by atoms with Crippen molar-refractivity contribution < 1.29 is 19.0 Å². The van der Waals surface area contributed by atoms with Crippen LogP contribution in [0.5, 0.6) is 5.75 Å². The zero-order chi connectivity index (χ0) is 16.5. The molecule has 0 saturated carbocycles. The second kappa shape index (κ2) is 9.35. The predicted molar refractivity (Wildman–Crippen MR) is 88.5 cm³/mol. The number of aliphatic hydroxyl groups is 1. The standard InChI is InChI=1S/C18H25NO4/c1-15-8-9-18(23-15)13-19(10-11-21-2)12-16(20)14-22-17-6-4-3-5-7-17/h3-9,16,20H,10-14H2,1-2H3. The van der Waals surface area contributed by atoms with Crippen LogP contribution in [0.15, 0.2) is 46.9 Å². The molecule has 23 heavy (non-hydrogen) atoms. The Morgan fingerprint density at radius 1 is 1.17 bits per heavy atom. The molecular weight excluding hydrogens is 294 g/mol. The number of ether oxygens (including phenoxy) is 2. The van der Waals surface area contributed by atoms with Crippen molar-refractivity contribution in [2.45, 2.75) is 19.6 Å². The summed E-state index contributed by atoms with van der Waals surface area (Å²) in [4.78, 5) is 2.10. The molecule has 0 aliphatic carbocycles. The van der Waals surface area contributed by atoms with E-state index in [9.17, 15) is 5.11 Å². The van der Waals surface area contributed by atoms with Crippen molar-refractivity contribution in [2.24, 2.45) is 0 Å². The van der Waals surface area contributed by atoms with Crippen LogP contribution in [0.1, 0.15) is 11.5 Å². The molecule has 126 valence electrons. The third-order valence-electron chi connectivity index (χ3n) is 3.44. The molecule has 0 fully saturated rings. The smallest absolute Gasteiger partial charge is 0.119 e. The van der Waals surface area contributed by atoms with Crippen LogP contribution in [0.3, 0.4) is 0 Å². The van der Waals surface area contributed by atoms with Gasteiger partial charge in [-0.25, -0.2) is 0 Å². The molecule has 5 heteroatoms. The highest BCUT2D eigenvalue weighted by Crippen LogP contribution is 2.11. The van der Waals surface area contributed by atoms with Crippen LogP contribution in [-0.2, 0) is 11.3 Å². The highest BCUT2D eigenvalue weighted by atomic mass is 16.5. The lowest BCUT2D eigenvalue weighted by Crippen LogP contribution is -2.37. The summed E-state index contributed by atoms with van der Waals surface area (Å²) < 4.78 is 16.3. The molecule has 1 aromatic carbocycles. The monoisotopic (exact) mass is 319 g/mol. The summed E-state index contributed by atoms with van der Waals surface area (Å²) in [6.45, 7) is 4.64. The van der Waals surface area contributed by atoms with Crippen molar-refractivity contribution >= 4 is 0 Å². The number of hydrogen-bond acceptors (Lipinski definition) is 5. The Morgan fingerprint density at radius 2 is 1.96 bits per heavy atom. The maximum Gasteiger partial charge on any atom is 0.119 e. The molecule has 0 radical (unpaired) electrons. The highest BCUT2D eigenvalue weighted by Gasteiger charge is 2.14. The summed E-state index contributed by atoms with van der Waals surface area (Å²) in [5.41, 5.74) is 0. The fraction of sp³-hybridized carbons (Fsp3) is 0.444. The lowest BCUT2D eigenvalue weighted by atomic mass is 10.3. The first-order valence-electron chi connectivity index (χ1n) is 7.80. The molecule has 1 heterocycles. The molecule has 0 saturated heterocycles. The van der Waals surface area contributed by atoms with E-state index in [1.165, 1.54) is 0 Å². The SMILES string of the molecule is COCCN(Cc1ccc(C)o1)CC(O)COc1ccccc1. The first kappa shape index (κ1) is 17.5. The fourth-order valence-electron chi connectivity index (χ4n) is 2.31. The van der Waals surface area contributed by atoms with Crippen LogP contribution in [0.25, 0.3) is 0 Å². The van der Waals surface area contributed by atoms with Crippen molar-refractivity contribution in [1.82, 2.24) is 4.90 Å². The molecule has 1 N–H and O–H groups in total. The summed E-state index contributed by atoms with van der Waals surface area (Å²) >= 11 is 0. The fourth-order valence-corrected chi connectivity index (χ4v) is 2.31. The second-order valence-corrected chi connectivity index (χ2v) is 5.52. The van der Waals surface area contributed by atoms with E-state index in [1.54, 1.807) is 7.11 Å². The van der Waals surface area contributed by atoms with Crippen molar-refractivity contribution in [2.75, 3.05) is 33.4 Å². The van der Waals surface area contributed by atoms with Gasteiger partial charge >= 0.3 is 0 Å². The maximum absolute atomic E-state index is 10.2. The minimum Gasteiger partial charge on any atom is -0.491 e. The van der Waals surface area contributed by atoms with Gasteiger partial charge in [0.1, 0.15) is 30.0 Å². The van der Waals surface area contributed by atoms with Crippen LogP contribution in [0.2, 0.25) is 0 Å². The third-order valence-corrected chi connectivity index (χ3v) is 3.44. The Morgan fingerprint density at radius 3 is 2.61 bits per heavy atom. The van der Waals surface area contributed by atoms with E-state index in [4.69, 9.17) is 13.9 Å². The van der Waals surface area contributed by atoms with Crippen LogP contribution in [-0.4, -0.2) is 49.5 Å². The Bertz CT molecular complexity index is 555. The molecule has 2 rings (SSSR count). The van der Waals surface area contributed by atoms with Crippen LogP contribution < -0.4 is 4.74 Å². The van der Waals surface area contributed by atoms with E-state index < -0.39 is 6.10 Å². The van der Waals surface area contributed by atoms with Crippen molar-refractivity contribution in [1.29, 1.82) is 0 Å². The van der Waals surface area contributed by atoms with Gasteiger partial charge < -0.3 is 19.0 Å². The van der Waals surface area contributed by atoms with Crippen LogP contribution in [0, 0.1) is 6.92 Å². The number of rotatable bonds is 10. The van der Waals surface area contributed by atoms with Gasteiger partial charge in [-0.15, -0.1) is 0 Å². The molecule has 1 unspecified atom stereocenters. The van der Waals surface area contributed by atoms with E-state index in [2.05, 4.69) is 4.90 Å². The molecule has 2 aromatic rings. The number of aryl methyl sites for hydroxylation is 1. The first-order valence-corrected chi connectivity index (χ1v) is 7.80. The van der Waals surface area contributed by atoms with Crippen LogP contribution in [0.4, 0.5) is 0 Å². The number of furan rings is 1. The van der Waals surface area contributed by atoms with Gasteiger partial charge in [-0.1, -0.05) is 18.2 Å². The molecule has 0 amide bonds. The quantitative estimate of drug-likeness (QED) is 0.729. The Labute approximate surface area is 137 Å². The normalized spacial score (nSPS) is 12.5. The number of nitrogens with zero attached hydrogens (tertiary/aromatic N) is 1. The lowest BCUT2D eigenvalue weighted by Gasteiger charge is -2.24. The van der Waals surface area contributed by atoms with Gasteiger partial charge in [-0.2, -0.15) is 0 Å². The highest BCUT2D eigenvalue weighted by molar-refractivity contribution is 5.20. The van der Waals surface area contributed by atoms with E-state index in [1.807, 2.05) is 49.4 Å². The van der Waals surface area contributed by atoms with Gasteiger partial charge in [0.25, 0.3) is 0 Å². The number of hydrogen-bond donors (Lipinski definition) is 1. The summed E-state index contributed by atoms with van der Waals surface area (Å²) in [7, 11) is 1.67. The third kappa shape index (κ3) is 6.44. The van der Waals surface area contributed by atoms with Gasteiger partial charge in [-0.05, 0) is 31.2 Å². The number of benzene rings is 1. The first-order chi connectivity index (χ1) is 11.2. The Balaban J connectivity index is 1.83. The van der Waals surface area contributed by atoms with Gasteiger partial charge in [-0.3, -0.25) is 4.90 Å². The number of aliphatic hydroxyl groups excluding tert-OH is 1. The molecule has 0 aliphatic heterocycles. The minimum absolute atomic E-state index is 0.255. The van der Waals surface area contributed by atoms with E-state index in [0.29, 0.717) is 19.7 Å². The molecule has 0 spiro atoms. The number of methoxy groups -OCH3 is 1. The van der Waals surface area contributed by atoms with Crippen LogP contribution >= 0.6 is 0 Å². The molecule has 5 nitrogen and oxygen atoms in total. The van der Waals surface area contributed by atoms with Gasteiger partial charge in [0, 0.05) is 20.2 Å². The van der Waals surface area contributed by atoms with Gasteiger partial charge in [0.15, 0.2) is 0 Å². The molecule has 0 bridgehead atoms. The van der Waals surface area contributed by atoms with E-state index >= 15 is 0 Å².